The minimum absolute atomic E-state index is 0.104. The lowest BCUT2D eigenvalue weighted by atomic mass is 10.0. The summed E-state index contributed by atoms with van der Waals surface area (Å²) < 4.78 is 5.13. The van der Waals surface area contributed by atoms with E-state index < -0.39 is 18.6 Å². The molecule has 0 heterocycles. The molecule has 2 aromatic rings. The van der Waals surface area contributed by atoms with E-state index >= 15 is 0 Å². The normalized spacial score (nSPS) is 11.6. The molecule has 0 aliphatic carbocycles. The second-order valence-corrected chi connectivity index (χ2v) is 7.10. The van der Waals surface area contributed by atoms with Gasteiger partial charge in [0.05, 0.1) is 6.42 Å². The molecule has 1 atom stereocenters. The van der Waals surface area contributed by atoms with Crippen LogP contribution in [0, 0.1) is 12.8 Å². The molecule has 0 aliphatic rings. The van der Waals surface area contributed by atoms with Crippen molar-refractivity contribution in [3.8, 4) is 5.75 Å². The third-order valence-electron chi connectivity index (χ3n) is 4.29. The number of amides is 2. The average molecular weight is 398 g/mol. The first-order chi connectivity index (χ1) is 13.8. The fraction of sp³-hybridized carbons (Fsp3) is 0.318. The van der Waals surface area contributed by atoms with Crippen molar-refractivity contribution in [2.24, 2.45) is 5.92 Å². The minimum atomic E-state index is -1.06. The van der Waals surface area contributed by atoms with Crippen LogP contribution in [0.5, 0.6) is 5.75 Å². The van der Waals surface area contributed by atoms with Crippen molar-refractivity contribution in [3.05, 3.63) is 59.7 Å². The van der Waals surface area contributed by atoms with Gasteiger partial charge < -0.3 is 20.5 Å². The molecular weight excluding hydrogens is 372 g/mol. The van der Waals surface area contributed by atoms with E-state index in [1.807, 2.05) is 44.2 Å². The van der Waals surface area contributed by atoms with Gasteiger partial charge in [-0.25, -0.2) is 4.79 Å². The first-order valence-electron chi connectivity index (χ1n) is 9.35. The second-order valence-electron chi connectivity index (χ2n) is 7.10. The number of carboxylic acid groups (broad SMARTS) is 1. The van der Waals surface area contributed by atoms with E-state index in [-0.39, 0.29) is 24.2 Å². The van der Waals surface area contributed by atoms with Gasteiger partial charge >= 0.3 is 5.97 Å². The molecule has 0 aliphatic heterocycles. The van der Waals surface area contributed by atoms with Gasteiger partial charge in [-0.15, -0.1) is 0 Å². The molecule has 1 unspecified atom stereocenters. The molecule has 29 heavy (non-hydrogen) atoms. The van der Waals surface area contributed by atoms with E-state index in [4.69, 9.17) is 9.84 Å². The van der Waals surface area contributed by atoms with Crippen LogP contribution < -0.4 is 15.4 Å². The van der Waals surface area contributed by atoms with Gasteiger partial charge in [0.1, 0.15) is 11.8 Å². The van der Waals surface area contributed by atoms with Crippen molar-refractivity contribution in [2.45, 2.75) is 33.2 Å². The van der Waals surface area contributed by atoms with Crippen LogP contribution in [-0.2, 0) is 20.8 Å². The Morgan fingerprint density at radius 1 is 1.07 bits per heavy atom. The lowest BCUT2D eigenvalue weighted by Crippen LogP contribution is -2.47. The van der Waals surface area contributed by atoms with Gasteiger partial charge in [0, 0.05) is 5.69 Å². The summed E-state index contributed by atoms with van der Waals surface area (Å²) in [5.41, 5.74) is 2.17. The van der Waals surface area contributed by atoms with Crippen LogP contribution in [-0.4, -0.2) is 35.5 Å². The maximum absolute atomic E-state index is 12.8. The highest BCUT2D eigenvalue weighted by Crippen LogP contribution is 2.22. The van der Waals surface area contributed by atoms with Gasteiger partial charge in [-0.3, -0.25) is 9.59 Å². The molecule has 3 N–H and O–H groups in total. The number of carboxylic acids is 1. The van der Waals surface area contributed by atoms with E-state index in [9.17, 15) is 14.4 Å². The topological polar surface area (TPSA) is 105 Å². The Labute approximate surface area is 170 Å². The number of carbonyl (C=O) groups is 3. The Bertz CT molecular complexity index is 865. The zero-order valence-corrected chi connectivity index (χ0v) is 16.8. The molecule has 0 spiro atoms. The predicted molar refractivity (Wildman–Crippen MR) is 110 cm³/mol. The minimum Gasteiger partial charge on any atom is -0.482 e. The summed E-state index contributed by atoms with van der Waals surface area (Å²) in [7, 11) is 0. The molecule has 0 fully saturated rings. The summed E-state index contributed by atoms with van der Waals surface area (Å²) in [4.78, 5) is 35.7. The van der Waals surface area contributed by atoms with Crippen molar-refractivity contribution < 1.29 is 24.2 Å². The number of nitrogens with one attached hydrogen (secondary N) is 2. The molecule has 2 rings (SSSR count). The van der Waals surface area contributed by atoms with Crippen LogP contribution in [0.25, 0.3) is 0 Å². The predicted octanol–water partition coefficient (Wildman–Crippen LogP) is 2.78. The zero-order valence-electron chi connectivity index (χ0n) is 16.8. The second kappa shape index (κ2) is 10.3. The number of hydrogen-bond donors (Lipinski definition) is 3. The van der Waals surface area contributed by atoms with E-state index in [2.05, 4.69) is 10.6 Å². The molecule has 154 valence electrons. The number of hydrogen-bond acceptors (Lipinski definition) is 4. The Hall–Kier alpha value is -3.35. The summed E-state index contributed by atoms with van der Waals surface area (Å²) in [5.74, 6) is -1.30. The summed E-state index contributed by atoms with van der Waals surface area (Å²) in [6, 6.07) is 13.5. The molecule has 0 radical (unpaired) electrons. The summed E-state index contributed by atoms with van der Waals surface area (Å²) in [6.45, 7) is 5.07. The highest BCUT2D eigenvalue weighted by Gasteiger charge is 2.24. The Kier molecular flexibility index (Phi) is 7.77. The summed E-state index contributed by atoms with van der Waals surface area (Å²) in [6.07, 6.45) is 0.200. The molecule has 2 aromatic carbocycles. The highest BCUT2D eigenvalue weighted by molar-refractivity contribution is 5.98. The number of ether oxygens (including phenoxy) is 1. The fourth-order valence-corrected chi connectivity index (χ4v) is 2.76. The third-order valence-corrected chi connectivity index (χ3v) is 4.29. The Morgan fingerprint density at radius 2 is 1.76 bits per heavy atom. The molecule has 7 nitrogen and oxygen atoms in total. The van der Waals surface area contributed by atoms with E-state index in [0.717, 1.165) is 11.1 Å². The summed E-state index contributed by atoms with van der Waals surface area (Å²) in [5, 5.41) is 14.3. The van der Waals surface area contributed by atoms with Crippen molar-refractivity contribution in [2.75, 3.05) is 11.9 Å². The molecule has 0 saturated carbocycles. The number of benzene rings is 2. The van der Waals surface area contributed by atoms with Gasteiger partial charge in [0.25, 0.3) is 0 Å². The smallest absolute Gasteiger partial charge is 0.341 e. The van der Waals surface area contributed by atoms with Crippen LogP contribution in [0.1, 0.15) is 25.0 Å². The molecule has 7 heteroatoms. The summed E-state index contributed by atoms with van der Waals surface area (Å²) >= 11 is 0. The Morgan fingerprint density at radius 3 is 2.34 bits per heavy atom. The molecule has 0 aromatic heterocycles. The van der Waals surface area contributed by atoms with Crippen molar-refractivity contribution >= 4 is 23.5 Å². The standard InChI is InChI=1S/C22H26N2O5/c1-14(2)21(24-19(25)12-16-7-5-4-6-8-16)22(28)23-18-10-9-17(11-15(18)3)29-13-20(26)27/h4-11,14,21H,12-13H2,1-3H3,(H,23,28)(H,24,25)(H,26,27). The van der Waals surface area contributed by atoms with Crippen molar-refractivity contribution in [3.63, 3.8) is 0 Å². The van der Waals surface area contributed by atoms with Crippen LogP contribution in [0.15, 0.2) is 48.5 Å². The van der Waals surface area contributed by atoms with Gasteiger partial charge in [0.15, 0.2) is 6.61 Å². The van der Waals surface area contributed by atoms with E-state index in [1.54, 1.807) is 25.1 Å². The third kappa shape index (κ3) is 6.95. The fourth-order valence-electron chi connectivity index (χ4n) is 2.76. The van der Waals surface area contributed by atoms with Crippen LogP contribution in [0.4, 0.5) is 5.69 Å². The van der Waals surface area contributed by atoms with Gasteiger partial charge in [-0.05, 0) is 42.2 Å². The van der Waals surface area contributed by atoms with Gasteiger partial charge in [0.2, 0.25) is 11.8 Å². The first-order valence-corrected chi connectivity index (χ1v) is 9.35. The first kappa shape index (κ1) is 21.9. The SMILES string of the molecule is Cc1cc(OCC(=O)O)ccc1NC(=O)C(NC(=O)Cc1ccccc1)C(C)C. The van der Waals surface area contributed by atoms with Crippen molar-refractivity contribution in [1.29, 1.82) is 0 Å². The van der Waals surface area contributed by atoms with E-state index in [0.29, 0.717) is 11.4 Å². The van der Waals surface area contributed by atoms with Crippen LogP contribution >= 0.6 is 0 Å². The maximum atomic E-state index is 12.8. The lowest BCUT2D eigenvalue weighted by Gasteiger charge is -2.22. The number of aliphatic carboxylic acids is 1. The monoisotopic (exact) mass is 398 g/mol. The quantitative estimate of drug-likeness (QED) is 0.602. The van der Waals surface area contributed by atoms with Crippen LogP contribution in [0.2, 0.25) is 0 Å². The number of aryl methyl sites for hydroxylation is 1. The zero-order chi connectivity index (χ0) is 21.4. The lowest BCUT2D eigenvalue weighted by molar-refractivity contribution is -0.139. The molecule has 0 bridgehead atoms. The Balaban J connectivity index is 2.01. The average Bonchev–Trinajstić information content (AvgIpc) is 2.66. The van der Waals surface area contributed by atoms with Crippen LogP contribution in [0.3, 0.4) is 0 Å². The maximum Gasteiger partial charge on any atom is 0.341 e. The van der Waals surface area contributed by atoms with Gasteiger partial charge in [-0.1, -0.05) is 44.2 Å². The largest absolute Gasteiger partial charge is 0.482 e. The number of carbonyl (C=O) groups excluding carboxylic acids is 2. The number of anilines is 1. The number of rotatable bonds is 9. The molecule has 0 saturated heterocycles. The molecular formula is C22H26N2O5. The highest BCUT2D eigenvalue weighted by atomic mass is 16.5. The molecule has 2 amide bonds. The van der Waals surface area contributed by atoms with Gasteiger partial charge in [-0.2, -0.15) is 0 Å². The van der Waals surface area contributed by atoms with Crippen molar-refractivity contribution in [1.82, 2.24) is 5.32 Å². The van der Waals surface area contributed by atoms with E-state index in [1.165, 1.54) is 0 Å².